The molecule has 1 nitrogen and oxygen atoms in total. The van der Waals surface area contributed by atoms with Crippen LogP contribution >= 0.6 is 11.3 Å². The molecule has 0 radical (unpaired) electrons. The molecule has 0 saturated carbocycles. The predicted molar refractivity (Wildman–Crippen MR) is 72.1 cm³/mol. The summed E-state index contributed by atoms with van der Waals surface area (Å²) < 4.78 is 0. The first-order chi connectivity index (χ1) is 7.85. The molecule has 1 fully saturated rings. The van der Waals surface area contributed by atoms with E-state index in [0.29, 0.717) is 5.54 Å². The van der Waals surface area contributed by atoms with Gasteiger partial charge in [-0.1, -0.05) is 32.3 Å². The minimum absolute atomic E-state index is 0.399. The molecule has 2 heteroatoms. The molecule has 0 spiro atoms. The van der Waals surface area contributed by atoms with Crippen LogP contribution in [0.15, 0.2) is 17.5 Å². The molecule has 2 heterocycles. The Morgan fingerprint density at radius 1 is 1.38 bits per heavy atom. The summed E-state index contributed by atoms with van der Waals surface area (Å²) in [5, 5.41) is 6.04. The van der Waals surface area contributed by atoms with Gasteiger partial charge >= 0.3 is 0 Å². The third kappa shape index (κ3) is 3.08. The van der Waals surface area contributed by atoms with E-state index in [1.807, 2.05) is 11.3 Å². The zero-order valence-electron chi connectivity index (χ0n) is 10.3. The van der Waals surface area contributed by atoms with E-state index in [4.69, 9.17) is 0 Å². The van der Waals surface area contributed by atoms with Gasteiger partial charge in [-0.3, -0.25) is 0 Å². The van der Waals surface area contributed by atoms with Crippen LogP contribution in [0.2, 0.25) is 0 Å². The molecule has 0 aromatic carbocycles. The van der Waals surface area contributed by atoms with E-state index >= 15 is 0 Å². The van der Waals surface area contributed by atoms with E-state index in [1.165, 1.54) is 51.5 Å². The van der Waals surface area contributed by atoms with E-state index < -0.39 is 0 Å². The Kier molecular flexibility index (Phi) is 4.42. The molecule has 1 N–H and O–H groups in total. The fourth-order valence-corrected chi connectivity index (χ4v) is 3.73. The average molecular weight is 237 g/mol. The summed E-state index contributed by atoms with van der Waals surface area (Å²) in [6.07, 6.45) is 9.37. The van der Waals surface area contributed by atoms with Crippen LogP contribution in [0.25, 0.3) is 0 Å². The first kappa shape index (κ1) is 12.1. The molecular formula is C14H23NS. The topological polar surface area (TPSA) is 12.0 Å². The third-order valence-electron chi connectivity index (χ3n) is 3.65. The number of hydrogen-bond donors (Lipinski definition) is 1. The lowest BCUT2D eigenvalue weighted by Crippen LogP contribution is -2.46. The monoisotopic (exact) mass is 237 g/mol. The SMILES string of the molecule is CCCC1(Cc2cccs2)CCCCCN1. The van der Waals surface area contributed by atoms with E-state index in [-0.39, 0.29) is 0 Å². The zero-order valence-corrected chi connectivity index (χ0v) is 11.1. The summed E-state index contributed by atoms with van der Waals surface area (Å²) in [5.41, 5.74) is 0.399. The smallest absolute Gasteiger partial charge is 0.0229 e. The van der Waals surface area contributed by atoms with Crippen LogP contribution in [0.4, 0.5) is 0 Å². The molecule has 0 amide bonds. The van der Waals surface area contributed by atoms with Gasteiger partial charge in [0.15, 0.2) is 0 Å². The Balaban J connectivity index is 2.06. The lowest BCUT2D eigenvalue weighted by Gasteiger charge is -2.33. The van der Waals surface area contributed by atoms with Crippen LogP contribution in [-0.4, -0.2) is 12.1 Å². The van der Waals surface area contributed by atoms with Crippen molar-refractivity contribution < 1.29 is 0 Å². The van der Waals surface area contributed by atoms with E-state index in [9.17, 15) is 0 Å². The van der Waals surface area contributed by atoms with Gasteiger partial charge in [0.05, 0.1) is 0 Å². The molecule has 0 bridgehead atoms. The van der Waals surface area contributed by atoms with Crippen molar-refractivity contribution in [3.8, 4) is 0 Å². The number of nitrogens with one attached hydrogen (secondary N) is 1. The molecule has 1 unspecified atom stereocenters. The van der Waals surface area contributed by atoms with Crippen LogP contribution in [0.1, 0.15) is 50.3 Å². The molecule has 1 saturated heterocycles. The molecule has 16 heavy (non-hydrogen) atoms. The zero-order chi connectivity index (χ0) is 11.3. The Bertz CT molecular complexity index is 284. The molecule has 1 aliphatic rings. The largest absolute Gasteiger partial charge is 0.311 e. The van der Waals surface area contributed by atoms with Crippen molar-refractivity contribution in [3.05, 3.63) is 22.4 Å². The lowest BCUT2D eigenvalue weighted by molar-refractivity contribution is 0.290. The Hall–Kier alpha value is -0.340. The van der Waals surface area contributed by atoms with E-state index in [1.54, 1.807) is 4.88 Å². The summed E-state index contributed by atoms with van der Waals surface area (Å²) in [5.74, 6) is 0. The fourth-order valence-electron chi connectivity index (χ4n) is 2.89. The van der Waals surface area contributed by atoms with Crippen molar-refractivity contribution in [1.82, 2.24) is 5.32 Å². The first-order valence-electron chi connectivity index (χ1n) is 6.62. The summed E-state index contributed by atoms with van der Waals surface area (Å²) >= 11 is 1.91. The van der Waals surface area contributed by atoms with Crippen LogP contribution in [0.3, 0.4) is 0 Å². The maximum absolute atomic E-state index is 3.84. The highest BCUT2D eigenvalue weighted by atomic mass is 32.1. The highest BCUT2D eigenvalue weighted by molar-refractivity contribution is 7.09. The van der Waals surface area contributed by atoms with Gasteiger partial charge in [-0.15, -0.1) is 11.3 Å². The third-order valence-corrected chi connectivity index (χ3v) is 4.53. The van der Waals surface area contributed by atoms with Crippen LogP contribution in [-0.2, 0) is 6.42 Å². The summed E-state index contributed by atoms with van der Waals surface area (Å²) in [4.78, 5) is 1.54. The molecule has 1 atom stereocenters. The average Bonchev–Trinajstić information content (AvgIpc) is 2.66. The van der Waals surface area contributed by atoms with Crippen molar-refractivity contribution in [2.45, 2.75) is 57.4 Å². The molecule has 1 aromatic heterocycles. The van der Waals surface area contributed by atoms with Crippen LogP contribution in [0.5, 0.6) is 0 Å². The van der Waals surface area contributed by atoms with Gasteiger partial charge in [0.25, 0.3) is 0 Å². The normalized spacial score (nSPS) is 26.6. The molecule has 90 valence electrons. The molecule has 1 aromatic rings. The van der Waals surface area contributed by atoms with Crippen LogP contribution in [0, 0.1) is 0 Å². The van der Waals surface area contributed by atoms with E-state index in [2.05, 4.69) is 29.8 Å². The van der Waals surface area contributed by atoms with Crippen LogP contribution < -0.4 is 5.32 Å². The second-order valence-electron chi connectivity index (χ2n) is 5.02. The minimum atomic E-state index is 0.399. The highest BCUT2D eigenvalue weighted by Crippen LogP contribution is 2.29. The maximum Gasteiger partial charge on any atom is 0.0229 e. The van der Waals surface area contributed by atoms with Gasteiger partial charge in [-0.2, -0.15) is 0 Å². The number of hydrogen-bond acceptors (Lipinski definition) is 2. The summed E-state index contributed by atoms with van der Waals surface area (Å²) in [7, 11) is 0. The minimum Gasteiger partial charge on any atom is -0.311 e. The van der Waals surface area contributed by atoms with E-state index in [0.717, 1.165) is 0 Å². The Morgan fingerprint density at radius 3 is 3.06 bits per heavy atom. The first-order valence-corrected chi connectivity index (χ1v) is 7.50. The van der Waals surface area contributed by atoms with Gasteiger partial charge in [0, 0.05) is 10.4 Å². The second kappa shape index (κ2) is 5.83. The molecule has 0 aliphatic carbocycles. The summed E-state index contributed by atoms with van der Waals surface area (Å²) in [6, 6.07) is 4.46. The van der Waals surface area contributed by atoms with Crippen molar-refractivity contribution in [2.24, 2.45) is 0 Å². The lowest BCUT2D eigenvalue weighted by atomic mass is 9.85. The van der Waals surface area contributed by atoms with Gasteiger partial charge in [0.1, 0.15) is 0 Å². The summed E-state index contributed by atoms with van der Waals surface area (Å²) in [6.45, 7) is 3.52. The van der Waals surface area contributed by atoms with Crippen molar-refractivity contribution >= 4 is 11.3 Å². The van der Waals surface area contributed by atoms with Crippen molar-refractivity contribution in [2.75, 3.05) is 6.54 Å². The van der Waals surface area contributed by atoms with Crippen molar-refractivity contribution in [3.63, 3.8) is 0 Å². The number of rotatable bonds is 4. The number of thiophene rings is 1. The standard InChI is InChI=1S/C14H23NS/c1-2-8-14(9-4-3-5-10-15-14)12-13-7-6-11-16-13/h6-7,11,15H,2-5,8-10,12H2,1H3. The Labute approximate surface area is 103 Å². The van der Waals surface area contributed by atoms with Crippen molar-refractivity contribution in [1.29, 1.82) is 0 Å². The van der Waals surface area contributed by atoms with Gasteiger partial charge in [0.2, 0.25) is 0 Å². The predicted octanol–water partition coefficient (Wildman–Crippen LogP) is 3.99. The molecule has 1 aliphatic heterocycles. The highest BCUT2D eigenvalue weighted by Gasteiger charge is 2.29. The Morgan fingerprint density at radius 2 is 2.31 bits per heavy atom. The van der Waals surface area contributed by atoms with Gasteiger partial charge in [-0.25, -0.2) is 0 Å². The quantitative estimate of drug-likeness (QED) is 0.835. The molecule has 2 rings (SSSR count). The second-order valence-corrected chi connectivity index (χ2v) is 6.06. The van der Waals surface area contributed by atoms with Gasteiger partial charge in [-0.05, 0) is 43.7 Å². The van der Waals surface area contributed by atoms with Gasteiger partial charge < -0.3 is 5.32 Å². The maximum atomic E-state index is 3.84. The molecular weight excluding hydrogens is 214 g/mol. The fraction of sp³-hybridized carbons (Fsp3) is 0.714.